The monoisotopic (exact) mass is 338 g/mol. The third-order valence-electron chi connectivity index (χ3n) is 3.44. The van der Waals surface area contributed by atoms with Crippen molar-refractivity contribution in [2.24, 2.45) is 0 Å². The normalized spacial score (nSPS) is 14.4. The average molecular weight is 338 g/mol. The Morgan fingerprint density at radius 3 is 2.61 bits per heavy atom. The fourth-order valence-corrected chi connectivity index (χ4v) is 2.91. The summed E-state index contributed by atoms with van der Waals surface area (Å²) in [6.45, 7) is 3.29. The molecule has 6 nitrogen and oxygen atoms in total. The van der Waals surface area contributed by atoms with Gasteiger partial charge in [-0.05, 0) is 24.3 Å². The number of esters is 1. The van der Waals surface area contributed by atoms with Gasteiger partial charge in [-0.25, -0.2) is 0 Å². The van der Waals surface area contributed by atoms with E-state index < -0.39 is 0 Å². The van der Waals surface area contributed by atoms with E-state index in [1.165, 1.54) is 18.9 Å². The Labute approximate surface area is 140 Å². The van der Waals surface area contributed by atoms with Crippen molar-refractivity contribution in [2.45, 2.75) is 6.42 Å². The Hall–Kier alpha value is -1.73. The van der Waals surface area contributed by atoms with Gasteiger partial charge < -0.3 is 19.7 Å². The van der Waals surface area contributed by atoms with Crippen molar-refractivity contribution in [2.75, 3.05) is 55.1 Å². The summed E-state index contributed by atoms with van der Waals surface area (Å²) in [6, 6.07) is 7.82. The molecule has 1 aromatic rings. The van der Waals surface area contributed by atoms with Crippen LogP contribution in [0.5, 0.6) is 0 Å². The molecule has 1 aliphatic rings. The summed E-state index contributed by atoms with van der Waals surface area (Å²) in [4.78, 5) is 25.1. The minimum Gasteiger partial charge on any atom is -0.469 e. The van der Waals surface area contributed by atoms with Crippen molar-refractivity contribution in [1.29, 1.82) is 0 Å². The standard InChI is InChI=1S/C16H22N2O4S/c1-21-16(20)6-11-23-12-15(19)17-13-2-4-14(5-3-13)18-7-9-22-10-8-18/h2-5H,6-12H2,1H3,(H,17,19). The molecule has 2 rings (SSSR count). The number of ether oxygens (including phenoxy) is 2. The third kappa shape index (κ3) is 6.11. The zero-order valence-electron chi connectivity index (χ0n) is 13.2. The van der Waals surface area contributed by atoms with E-state index in [-0.39, 0.29) is 11.9 Å². The lowest BCUT2D eigenvalue weighted by molar-refractivity contribution is -0.140. The quantitative estimate of drug-likeness (QED) is 0.603. The maximum Gasteiger partial charge on any atom is 0.306 e. The number of amides is 1. The number of rotatable bonds is 7. The lowest BCUT2D eigenvalue weighted by Gasteiger charge is -2.28. The summed E-state index contributed by atoms with van der Waals surface area (Å²) in [6.07, 6.45) is 0.322. The average Bonchev–Trinajstić information content (AvgIpc) is 2.60. The highest BCUT2D eigenvalue weighted by molar-refractivity contribution is 7.99. The van der Waals surface area contributed by atoms with Gasteiger partial charge >= 0.3 is 5.97 Å². The van der Waals surface area contributed by atoms with E-state index in [1.54, 1.807) is 0 Å². The van der Waals surface area contributed by atoms with Gasteiger partial charge in [-0.3, -0.25) is 9.59 Å². The molecule has 1 N–H and O–H groups in total. The van der Waals surface area contributed by atoms with Crippen LogP contribution in [0.2, 0.25) is 0 Å². The first-order valence-corrected chi connectivity index (χ1v) is 8.71. The number of nitrogens with zero attached hydrogens (tertiary/aromatic N) is 1. The highest BCUT2D eigenvalue weighted by atomic mass is 32.2. The van der Waals surface area contributed by atoms with E-state index in [4.69, 9.17) is 4.74 Å². The van der Waals surface area contributed by atoms with Crippen LogP contribution >= 0.6 is 11.8 Å². The van der Waals surface area contributed by atoms with Gasteiger partial charge in [0.25, 0.3) is 0 Å². The molecule has 0 radical (unpaired) electrons. The second kappa shape index (κ2) is 9.42. The predicted octanol–water partition coefficient (Wildman–Crippen LogP) is 1.76. The number of anilines is 2. The van der Waals surface area contributed by atoms with Gasteiger partial charge in [-0.15, -0.1) is 0 Å². The van der Waals surface area contributed by atoms with E-state index in [0.29, 0.717) is 17.9 Å². The molecule has 126 valence electrons. The van der Waals surface area contributed by atoms with Gasteiger partial charge in [0.15, 0.2) is 0 Å². The minimum atomic E-state index is -0.253. The summed E-state index contributed by atoms with van der Waals surface area (Å²) in [5.74, 6) is 0.578. The molecule has 23 heavy (non-hydrogen) atoms. The number of methoxy groups -OCH3 is 1. The number of carbonyl (C=O) groups excluding carboxylic acids is 2. The summed E-state index contributed by atoms with van der Waals surface area (Å²) < 4.78 is 9.89. The summed E-state index contributed by atoms with van der Waals surface area (Å²) in [7, 11) is 1.36. The molecule has 0 atom stereocenters. The smallest absolute Gasteiger partial charge is 0.306 e. The molecular formula is C16H22N2O4S. The van der Waals surface area contributed by atoms with Crippen LogP contribution in [0.1, 0.15) is 6.42 Å². The van der Waals surface area contributed by atoms with Crippen LogP contribution in [0.3, 0.4) is 0 Å². The van der Waals surface area contributed by atoms with Crippen LogP contribution in [0, 0.1) is 0 Å². The lowest BCUT2D eigenvalue weighted by atomic mass is 10.2. The van der Waals surface area contributed by atoms with Crippen LogP contribution in [0.25, 0.3) is 0 Å². The number of thioether (sulfide) groups is 1. The molecule has 1 amide bonds. The fraction of sp³-hybridized carbons (Fsp3) is 0.500. The van der Waals surface area contributed by atoms with E-state index in [0.717, 1.165) is 37.7 Å². The molecular weight excluding hydrogens is 316 g/mol. The Morgan fingerprint density at radius 2 is 1.96 bits per heavy atom. The molecule has 1 fully saturated rings. The van der Waals surface area contributed by atoms with E-state index in [9.17, 15) is 9.59 Å². The molecule has 1 aliphatic heterocycles. The summed E-state index contributed by atoms with van der Waals surface area (Å²) in [5.41, 5.74) is 1.92. The van der Waals surface area contributed by atoms with Crippen LogP contribution in [0.4, 0.5) is 11.4 Å². The van der Waals surface area contributed by atoms with Gasteiger partial charge in [0, 0.05) is 30.2 Å². The molecule has 1 heterocycles. The number of carbonyl (C=O) groups is 2. The van der Waals surface area contributed by atoms with Crippen molar-refractivity contribution < 1.29 is 19.1 Å². The molecule has 1 saturated heterocycles. The molecule has 0 unspecified atom stereocenters. The van der Waals surface area contributed by atoms with E-state index >= 15 is 0 Å². The van der Waals surface area contributed by atoms with Crippen molar-refractivity contribution in [3.8, 4) is 0 Å². The Morgan fingerprint density at radius 1 is 1.26 bits per heavy atom. The summed E-state index contributed by atoms with van der Waals surface area (Å²) >= 11 is 1.42. The number of benzene rings is 1. The molecule has 1 aromatic carbocycles. The first kappa shape index (κ1) is 17.6. The maximum atomic E-state index is 11.8. The third-order valence-corrected chi connectivity index (χ3v) is 4.40. The van der Waals surface area contributed by atoms with Gasteiger partial charge in [0.2, 0.25) is 5.91 Å². The highest BCUT2D eigenvalue weighted by Crippen LogP contribution is 2.19. The number of nitrogens with one attached hydrogen (secondary N) is 1. The van der Waals surface area contributed by atoms with Gasteiger partial charge in [0.05, 0.1) is 32.5 Å². The number of morpholine rings is 1. The topological polar surface area (TPSA) is 67.9 Å². The molecule has 0 spiro atoms. The first-order chi connectivity index (χ1) is 11.2. The molecule has 0 bridgehead atoms. The van der Waals surface area contributed by atoms with Crippen LogP contribution in [-0.4, -0.2) is 56.8 Å². The highest BCUT2D eigenvalue weighted by Gasteiger charge is 2.11. The molecule has 0 aromatic heterocycles. The Bertz CT molecular complexity index is 515. The van der Waals surface area contributed by atoms with Gasteiger partial charge in [-0.1, -0.05) is 0 Å². The minimum absolute atomic E-state index is 0.0704. The zero-order chi connectivity index (χ0) is 16.5. The van der Waals surface area contributed by atoms with E-state index in [1.807, 2.05) is 24.3 Å². The van der Waals surface area contributed by atoms with Crippen LogP contribution < -0.4 is 10.2 Å². The SMILES string of the molecule is COC(=O)CCSCC(=O)Nc1ccc(N2CCOCC2)cc1. The van der Waals surface area contributed by atoms with Gasteiger partial charge in [0.1, 0.15) is 0 Å². The maximum absolute atomic E-state index is 11.8. The van der Waals surface area contributed by atoms with Crippen molar-refractivity contribution in [1.82, 2.24) is 0 Å². The van der Waals surface area contributed by atoms with Crippen LogP contribution in [-0.2, 0) is 19.1 Å². The number of hydrogen-bond acceptors (Lipinski definition) is 6. The Balaban J connectivity index is 1.72. The van der Waals surface area contributed by atoms with Gasteiger partial charge in [-0.2, -0.15) is 11.8 Å². The largest absolute Gasteiger partial charge is 0.469 e. The number of hydrogen-bond donors (Lipinski definition) is 1. The molecule has 0 saturated carbocycles. The predicted molar refractivity (Wildman–Crippen MR) is 92.1 cm³/mol. The summed E-state index contributed by atoms with van der Waals surface area (Å²) in [5, 5.41) is 2.86. The second-order valence-electron chi connectivity index (χ2n) is 5.07. The Kier molecular flexibility index (Phi) is 7.22. The lowest BCUT2D eigenvalue weighted by Crippen LogP contribution is -2.36. The molecule has 7 heteroatoms. The van der Waals surface area contributed by atoms with Crippen molar-refractivity contribution in [3.05, 3.63) is 24.3 Å². The molecule has 0 aliphatic carbocycles. The van der Waals surface area contributed by atoms with Crippen LogP contribution in [0.15, 0.2) is 24.3 Å². The first-order valence-electron chi connectivity index (χ1n) is 7.56. The fourth-order valence-electron chi connectivity index (χ4n) is 2.20. The van der Waals surface area contributed by atoms with Crippen molar-refractivity contribution in [3.63, 3.8) is 0 Å². The second-order valence-corrected chi connectivity index (χ2v) is 6.18. The zero-order valence-corrected chi connectivity index (χ0v) is 14.1. The van der Waals surface area contributed by atoms with Crippen molar-refractivity contribution >= 4 is 35.0 Å². The van der Waals surface area contributed by atoms with E-state index in [2.05, 4.69) is 15.0 Å².